The highest BCUT2D eigenvalue weighted by atomic mass is 79.9. The van der Waals surface area contributed by atoms with E-state index in [-0.39, 0.29) is 0 Å². The van der Waals surface area contributed by atoms with E-state index < -0.39 is 0 Å². The molecule has 0 radical (unpaired) electrons. The summed E-state index contributed by atoms with van der Waals surface area (Å²) in [5, 5.41) is 1.60. The van der Waals surface area contributed by atoms with Crippen molar-refractivity contribution < 1.29 is 0 Å². The van der Waals surface area contributed by atoms with Gasteiger partial charge in [0.15, 0.2) is 0 Å². The zero-order chi connectivity index (χ0) is 8.55. The molecule has 0 amide bonds. The predicted molar refractivity (Wildman–Crippen MR) is 54.5 cm³/mol. The van der Waals surface area contributed by atoms with E-state index in [1.54, 1.807) is 0 Å². The summed E-state index contributed by atoms with van der Waals surface area (Å²) in [7, 11) is 0. The van der Waals surface area contributed by atoms with E-state index in [1.807, 2.05) is 30.3 Å². The van der Waals surface area contributed by atoms with E-state index in [1.165, 1.54) is 0 Å². The van der Waals surface area contributed by atoms with Crippen LogP contribution >= 0.6 is 27.5 Å². The van der Waals surface area contributed by atoms with Crippen LogP contribution in [0.25, 0.3) is 10.9 Å². The largest absolute Gasteiger partial charge is 0.235 e. The van der Waals surface area contributed by atoms with Crippen LogP contribution in [0.2, 0.25) is 5.15 Å². The van der Waals surface area contributed by atoms with Gasteiger partial charge in [-0.1, -0.05) is 29.8 Å². The molecule has 0 saturated heterocycles. The van der Waals surface area contributed by atoms with Crippen molar-refractivity contribution >= 4 is 38.4 Å². The average Bonchev–Trinajstić information content (AvgIpc) is 2.07. The number of nitrogens with zero attached hydrogens (tertiary/aromatic N) is 1. The van der Waals surface area contributed by atoms with Crippen molar-refractivity contribution in [2.24, 2.45) is 0 Å². The summed E-state index contributed by atoms with van der Waals surface area (Å²) >= 11 is 9.15. The van der Waals surface area contributed by atoms with Gasteiger partial charge in [0, 0.05) is 5.39 Å². The Bertz CT molecular complexity index is 387. The molecule has 1 aromatic heterocycles. The minimum atomic E-state index is 0.508. The molecule has 0 fully saturated rings. The smallest absolute Gasteiger partial charge is 0.143 e. The first kappa shape index (κ1) is 8.02. The number of aromatic nitrogens is 1. The third-order valence-electron chi connectivity index (χ3n) is 1.63. The fourth-order valence-corrected chi connectivity index (χ4v) is 1.55. The molecule has 0 aliphatic heterocycles. The Kier molecular flexibility index (Phi) is 2.03. The Hall–Kier alpha value is -0.600. The van der Waals surface area contributed by atoms with Crippen LogP contribution in [0.5, 0.6) is 0 Å². The fraction of sp³-hybridized carbons (Fsp3) is 0. The van der Waals surface area contributed by atoms with Gasteiger partial charge in [-0.3, -0.25) is 0 Å². The topological polar surface area (TPSA) is 12.9 Å². The quantitative estimate of drug-likeness (QED) is 0.643. The van der Waals surface area contributed by atoms with Gasteiger partial charge >= 0.3 is 0 Å². The normalized spacial score (nSPS) is 10.5. The molecule has 0 aliphatic rings. The van der Waals surface area contributed by atoms with Gasteiger partial charge < -0.3 is 0 Å². The Morgan fingerprint density at radius 1 is 1.25 bits per heavy atom. The van der Waals surface area contributed by atoms with E-state index in [0.717, 1.165) is 15.4 Å². The number of hydrogen-bond acceptors (Lipinski definition) is 1. The van der Waals surface area contributed by atoms with Crippen molar-refractivity contribution in [1.29, 1.82) is 0 Å². The van der Waals surface area contributed by atoms with Gasteiger partial charge in [-0.2, -0.15) is 0 Å². The number of pyridine rings is 1. The van der Waals surface area contributed by atoms with Gasteiger partial charge in [0.2, 0.25) is 0 Å². The number of fused-ring (bicyclic) bond motifs is 1. The van der Waals surface area contributed by atoms with Gasteiger partial charge in [-0.25, -0.2) is 4.98 Å². The first-order chi connectivity index (χ1) is 5.77. The molecule has 0 unspecified atom stereocenters. The van der Waals surface area contributed by atoms with Crippen LogP contribution in [0.3, 0.4) is 0 Å². The highest BCUT2D eigenvalue weighted by Gasteiger charge is 1.99. The van der Waals surface area contributed by atoms with Crippen molar-refractivity contribution in [3.05, 3.63) is 40.0 Å². The first-order valence-electron chi connectivity index (χ1n) is 3.48. The third-order valence-corrected chi connectivity index (χ3v) is 2.76. The molecule has 0 aliphatic carbocycles. The Morgan fingerprint density at radius 3 is 2.83 bits per heavy atom. The summed E-state index contributed by atoms with van der Waals surface area (Å²) in [6.07, 6.45) is 0. The molecular formula is C9H5BrClN. The maximum Gasteiger partial charge on any atom is 0.143 e. The number of para-hydroxylation sites is 1. The third kappa shape index (κ3) is 1.32. The Labute approximate surface area is 83.5 Å². The minimum absolute atomic E-state index is 0.508. The van der Waals surface area contributed by atoms with E-state index in [4.69, 9.17) is 11.6 Å². The molecule has 12 heavy (non-hydrogen) atoms. The van der Waals surface area contributed by atoms with Gasteiger partial charge in [-0.15, -0.1) is 0 Å². The second kappa shape index (κ2) is 3.04. The summed E-state index contributed by atoms with van der Waals surface area (Å²) < 4.78 is 0.836. The van der Waals surface area contributed by atoms with Crippen molar-refractivity contribution in [3.63, 3.8) is 0 Å². The molecule has 60 valence electrons. The van der Waals surface area contributed by atoms with Crippen LogP contribution in [-0.2, 0) is 0 Å². The Balaban J connectivity index is 2.84. The zero-order valence-electron chi connectivity index (χ0n) is 6.09. The van der Waals surface area contributed by atoms with E-state index >= 15 is 0 Å². The lowest BCUT2D eigenvalue weighted by Crippen LogP contribution is -1.80. The van der Waals surface area contributed by atoms with E-state index in [0.29, 0.717) is 5.15 Å². The molecule has 0 bridgehead atoms. The summed E-state index contributed by atoms with van der Waals surface area (Å²) in [5.74, 6) is 0. The van der Waals surface area contributed by atoms with E-state index in [9.17, 15) is 0 Å². The van der Waals surface area contributed by atoms with Gasteiger partial charge in [0.25, 0.3) is 0 Å². The summed E-state index contributed by atoms with van der Waals surface area (Å²) in [4.78, 5) is 4.19. The van der Waals surface area contributed by atoms with Crippen LogP contribution in [0.15, 0.2) is 34.8 Å². The molecule has 2 aromatic rings. The average molecular weight is 243 g/mol. The molecular weight excluding hydrogens is 237 g/mol. The maximum absolute atomic E-state index is 5.83. The maximum atomic E-state index is 5.83. The lowest BCUT2D eigenvalue weighted by molar-refractivity contribution is 1.39. The standard InChI is InChI=1S/C9H5BrClN/c10-7-5-6-3-1-2-4-8(6)12-9(7)11/h1-5H. The van der Waals surface area contributed by atoms with Crippen molar-refractivity contribution in [2.45, 2.75) is 0 Å². The van der Waals surface area contributed by atoms with Crippen molar-refractivity contribution in [2.75, 3.05) is 0 Å². The first-order valence-corrected chi connectivity index (χ1v) is 4.65. The summed E-state index contributed by atoms with van der Waals surface area (Å²) in [6, 6.07) is 9.83. The number of hydrogen-bond donors (Lipinski definition) is 0. The van der Waals surface area contributed by atoms with Crippen LogP contribution in [0.4, 0.5) is 0 Å². The zero-order valence-corrected chi connectivity index (χ0v) is 8.43. The van der Waals surface area contributed by atoms with Crippen LogP contribution in [0, 0.1) is 0 Å². The molecule has 0 N–H and O–H groups in total. The van der Waals surface area contributed by atoms with Gasteiger partial charge in [0.1, 0.15) is 5.15 Å². The molecule has 0 saturated carbocycles. The minimum Gasteiger partial charge on any atom is -0.235 e. The van der Waals surface area contributed by atoms with Crippen LogP contribution < -0.4 is 0 Å². The number of benzene rings is 1. The number of halogens is 2. The monoisotopic (exact) mass is 241 g/mol. The molecule has 1 aromatic carbocycles. The molecule has 0 atom stereocenters. The van der Waals surface area contributed by atoms with Crippen molar-refractivity contribution in [3.8, 4) is 0 Å². The van der Waals surface area contributed by atoms with Gasteiger partial charge in [0.05, 0.1) is 9.99 Å². The SMILES string of the molecule is Clc1nc2ccccc2cc1Br. The highest BCUT2D eigenvalue weighted by molar-refractivity contribution is 9.10. The Morgan fingerprint density at radius 2 is 2.00 bits per heavy atom. The van der Waals surface area contributed by atoms with E-state index in [2.05, 4.69) is 20.9 Å². The molecule has 1 nitrogen and oxygen atoms in total. The second-order valence-corrected chi connectivity index (χ2v) is 3.67. The molecule has 0 spiro atoms. The predicted octanol–water partition coefficient (Wildman–Crippen LogP) is 3.65. The fourth-order valence-electron chi connectivity index (χ4n) is 1.07. The van der Waals surface area contributed by atoms with Gasteiger partial charge in [-0.05, 0) is 28.1 Å². The summed E-state index contributed by atoms with van der Waals surface area (Å²) in [6.45, 7) is 0. The van der Waals surface area contributed by atoms with Crippen LogP contribution in [-0.4, -0.2) is 4.98 Å². The lowest BCUT2D eigenvalue weighted by atomic mass is 10.2. The lowest BCUT2D eigenvalue weighted by Gasteiger charge is -1.98. The molecule has 3 heteroatoms. The van der Waals surface area contributed by atoms with Crippen LogP contribution in [0.1, 0.15) is 0 Å². The highest BCUT2D eigenvalue weighted by Crippen LogP contribution is 2.24. The second-order valence-electron chi connectivity index (χ2n) is 2.45. The van der Waals surface area contributed by atoms with Crippen molar-refractivity contribution in [1.82, 2.24) is 4.98 Å². The molecule has 1 heterocycles. The number of rotatable bonds is 0. The summed E-state index contributed by atoms with van der Waals surface area (Å²) in [5.41, 5.74) is 0.922. The molecule has 2 rings (SSSR count).